The Morgan fingerprint density at radius 1 is 1.44 bits per heavy atom. The van der Waals surface area contributed by atoms with Crippen LogP contribution in [0.25, 0.3) is 0 Å². The molecular formula is C12H18Cl2N2O2. The van der Waals surface area contributed by atoms with Gasteiger partial charge in [-0.15, -0.1) is 12.4 Å². The molecule has 1 atom stereocenters. The molecule has 18 heavy (non-hydrogen) atoms. The second kappa shape index (κ2) is 8.29. The molecule has 0 aliphatic carbocycles. The van der Waals surface area contributed by atoms with Crippen molar-refractivity contribution in [1.29, 1.82) is 0 Å². The summed E-state index contributed by atoms with van der Waals surface area (Å²) in [4.78, 5) is 10.2. The Balaban J connectivity index is 0.00000289. The average Bonchev–Trinajstić information content (AvgIpc) is 2.29. The molecular weight excluding hydrogens is 275 g/mol. The van der Waals surface area contributed by atoms with Crippen molar-refractivity contribution in [2.45, 2.75) is 38.6 Å². The third-order valence-corrected chi connectivity index (χ3v) is 3.05. The molecule has 4 nitrogen and oxygen atoms in total. The molecule has 0 aromatic heterocycles. The fourth-order valence-corrected chi connectivity index (χ4v) is 1.96. The van der Waals surface area contributed by atoms with Gasteiger partial charge in [0.25, 0.3) is 5.69 Å². The summed E-state index contributed by atoms with van der Waals surface area (Å²) in [6, 6.07) is 4.17. The summed E-state index contributed by atoms with van der Waals surface area (Å²) < 4.78 is 0. The number of nitro benzene ring substituents is 1. The van der Waals surface area contributed by atoms with Crippen molar-refractivity contribution in [2.75, 3.05) is 0 Å². The smallest absolute Gasteiger partial charge is 0.269 e. The van der Waals surface area contributed by atoms with Crippen LogP contribution in [0, 0.1) is 10.1 Å². The molecule has 1 aromatic carbocycles. The lowest BCUT2D eigenvalue weighted by atomic mass is 10.0. The molecule has 102 valence electrons. The summed E-state index contributed by atoms with van der Waals surface area (Å²) in [6.45, 7) is 2.12. The molecule has 0 heterocycles. The molecule has 1 rings (SSSR count). The fraction of sp³-hybridized carbons (Fsp3) is 0.500. The van der Waals surface area contributed by atoms with E-state index in [1.807, 2.05) is 0 Å². The molecule has 0 aliphatic rings. The highest BCUT2D eigenvalue weighted by atomic mass is 35.5. The maximum absolute atomic E-state index is 10.7. The van der Waals surface area contributed by atoms with Crippen molar-refractivity contribution in [3.63, 3.8) is 0 Å². The van der Waals surface area contributed by atoms with Gasteiger partial charge in [0, 0.05) is 23.2 Å². The molecule has 0 bridgehead atoms. The Labute approximate surface area is 118 Å². The van der Waals surface area contributed by atoms with Crippen LogP contribution < -0.4 is 5.73 Å². The Morgan fingerprint density at radius 2 is 2.11 bits per heavy atom. The van der Waals surface area contributed by atoms with E-state index < -0.39 is 4.92 Å². The first-order chi connectivity index (χ1) is 8.06. The summed E-state index contributed by atoms with van der Waals surface area (Å²) in [5.74, 6) is 0. The summed E-state index contributed by atoms with van der Waals surface area (Å²) >= 11 is 6.01. The van der Waals surface area contributed by atoms with E-state index >= 15 is 0 Å². The predicted octanol–water partition coefficient (Wildman–Crippen LogP) is 4.25. The van der Waals surface area contributed by atoms with Crippen molar-refractivity contribution in [3.8, 4) is 0 Å². The molecule has 6 heteroatoms. The van der Waals surface area contributed by atoms with E-state index in [0.717, 1.165) is 25.7 Å². The molecule has 1 aromatic rings. The van der Waals surface area contributed by atoms with Gasteiger partial charge in [-0.1, -0.05) is 37.8 Å². The van der Waals surface area contributed by atoms with Crippen LogP contribution in [0.15, 0.2) is 18.2 Å². The number of benzene rings is 1. The topological polar surface area (TPSA) is 69.2 Å². The van der Waals surface area contributed by atoms with Crippen LogP contribution in [0.4, 0.5) is 5.69 Å². The summed E-state index contributed by atoms with van der Waals surface area (Å²) in [7, 11) is 0. The molecule has 0 unspecified atom stereocenters. The predicted molar refractivity (Wildman–Crippen MR) is 76.4 cm³/mol. The van der Waals surface area contributed by atoms with E-state index in [1.54, 1.807) is 0 Å². The third-order valence-electron chi connectivity index (χ3n) is 2.71. The molecule has 0 spiro atoms. The normalized spacial score (nSPS) is 11.7. The van der Waals surface area contributed by atoms with Gasteiger partial charge in [-0.25, -0.2) is 0 Å². The van der Waals surface area contributed by atoms with Crippen molar-refractivity contribution in [1.82, 2.24) is 0 Å². The minimum absolute atomic E-state index is 0. The number of unbranched alkanes of at least 4 members (excludes halogenated alkanes) is 2. The standard InChI is InChI=1S/C12H17ClN2O2.ClH/c1-2-3-4-5-12(14)10-8-9(15(16)17)6-7-11(10)13;/h6-8,12H,2-5,14H2,1H3;1H/t12-;/m0./s1. The summed E-state index contributed by atoms with van der Waals surface area (Å²) in [5.41, 5.74) is 6.70. The van der Waals surface area contributed by atoms with Gasteiger partial charge in [0.05, 0.1) is 4.92 Å². The number of nitrogens with two attached hydrogens (primary N) is 1. The first-order valence-electron chi connectivity index (χ1n) is 5.75. The number of hydrogen-bond acceptors (Lipinski definition) is 3. The van der Waals surface area contributed by atoms with Crippen LogP contribution in [0.2, 0.25) is 5.02 Å². The first-order valence-corrected chi connectivity index (χ1v) is 6.13. The number of non-ortho nitro benzene ring substituents is 1. The zero-order chi connectivity index (χ0) is 12.8. The lowest BCUT2D eigenvalue weighted by Crippen LogP contribution is -2.11. The molecule has 0 radical (unpaired) electrons. The van der Waals surface area contributed by atoms with E-state index in [4.69, 9.17) is 17.3 Å². The zero-order valence-electron chi connectivity index (χ0n) is 10.3. The molecule has 0 fully saturated rings. The van der Waals surface area contributed by atoms with Crippen LogP contribution in [-0.2, 0) is 0 Å². The maximum atomic E-state index is 10.7. The van der Waals surface area contributed by atoms with Crippen molar-refractivity contribution < 1.29 is 4.92 Å². The summed E-state index contributed by atoms with van der Waals surface area (Å²) in [6.07, 6.45) is 4.04. The van der Waals surface area contributed by atoms with Gasteiger partial charge < -0.3 is 5.73 Å². The maximum Gasteiger partial charge on any atom is 0.269 e. The Bertz CT molecular complexity index is 400. The number of nitrogens with zero attached hydrogens (tertiary/aromatic N) is 1. The SMILES string of the molecule is CCCCC[C@H](N)c1cc([N+](=O)[O-])ccc1Cl.Cl. The van der Waals surface area contributed by atoms with E-state index in [0.29, 0.717) is 10.6 Å². The minimum Gasteiger partial charge on any atom is -0.324 e. The number of nitro groups is 1. The second-order valence-corrected chi connectivity index (χ2v) is 4.47. The molecule has 0 saturated heterocycles. The quantitative estimate of drug-likeness (QED) is 0.484. The van der Waals surface area contributed by atoms with E-state index in [1.165, 1.54) is 18.2 Å². The Hall–Kier alpha value is -0.840. The van der Waals surface area contributed by atoms with Gasteiger partial charge in [-0.2, -0.15) is 0 Å². The van der Waals surface area contributed by atoms with Gasteiger partial charge in [-0.3, -0.25) is 10.1 Å². The van der Waals surface area contributed by atoms with E-state index in [-0.39, 0.29) is 24.1 Å². The second-order valence-electron chi connectivity index (χ2n) is 4.07. The monoisotopic (exact) mass is 292 g/mol. The number of rotatable bonds is 6. The third kappa shape index (κ3) is 4.80. The first kappa shape index (κ1) is 17.2. The summed E-state index contributed by atoms with van der Waals surface area (Å²) in [5, 5.41) is 11.2. The van der Waals surface area contributed by atoms with Crippen LogP contribution in [-0.4, -0.2) is 4.92 Å². The van der Waals surface area contributed by atoms with Crippen LogP contribution in [0.5, 0.6) is 0 Å². The van der Waals surface area contributed by atoms with Crippen molar-refractivity contribution in [3.05, 3.63) is 38.9 Å². The van der Waals surface area contributed by atoms with Gasteiger partial charge in [0.15, 0.2) is 0 Å². The number of hydrogen-bond donors (Lipinski definition) is 1. The van der Waals surface area contributed by atoms with Gasteiger partial charge in [0.2, 0.25) is 0 Å². The minimum atomic E-state index is -0.432. The molecule has 0 saturated carbocycles. The highest BCUT2D eigenvalue weighted by molar-refractivity contribution is 6.31. The van der Waals surface area contributed by atoms with Crippen LogP contribution in [0.3, 0.4) is 0 Å². The van der Waals surface area contributed by atoms with Crippen molar-refractivity contribution in [2.24, 2.45) is 5.73 Å². The van der Waals surface area contributed by atoms with Crippen LogP contribution in [0.1, 0.15) is 44.2 Å². The van der Waals surface area contributed by atoms with Crippen LogP contribution >= 0.6 is 24.0 Å². The van der Waals surface area contributed by atoms with Gasteiger partial charge >= 0.3 is 0 Å². The van der Waals surface area contributed by atoms with E-state index in [2.05, 4.69) is 6.92 Å². The van der Waals surface area contributed by atoms with Gasteiger partial charge in [-0.05, 0) is 18.1 Å². The zero-order valence-corrected chi connectivity index (χ0v) is 11.8. The average molecular weight is 293 g/mol. The molecule has 2 N–H and O–H groups in total. The highest BCUT2D eigenvalue weighted by Crippen LogP contribution is 2.28. The lowest BCUT2D eigenvalue weighted by Gasteiger charge is -2.13. The van der Waals surface area contributed by atoms with Gasteiger partial charge in [0.1, 0.15) is 0 Å². The fourth-order valence-electron chi connectivity index (χ4n) is 1.70. The molecule has 0 aliphatic heterocycles. The Kier molecular flexibility index (Phi) is 7.91. The largest absolute Gasteiger partial charge is 0.324 e. The van der Waals surface area contributed by atoms with Crippen molar-refractivity contribution >= 4 is 29.7 Å². The lowest BCUT2D eigenvalue weighted by molar-refractivity contribution is -0.384. The number of halogens is 2. The molecule has 0 amide bonds. The van der Waals surface area contributed by atoms with E-state index in [9.17, 15) is 10.1 Å². The highest BCUT2D eigenvalue weighted by Gasteiger charge is 2.14. The Morgan fingerprint density at radius 3 is 2.67 bits per heavy atom.